The Bertz CT molecular complexity index is 537. The topological polar surface area (TPSA) is 51.5 Å². The first-order valence-electron chi connectivity index (χ1n) is 5.48. The fourth-order valence-corrected chi connectivity index (χ4v) is 1.65. The lowest BCUT2D eigenvalue weighted by molar-refractivity contribution is 0.0996. The van der Waals surface area contributed by atoms with Crippen LogP contribution in [0.25, 0.3) is 0 Å². The van der Waals surface area contributed by atoms with Crippen molar-refractivity contribution in [2.24, 2.45) is 0 Å². The minimum Gasteiger partial charge on any atom is -0.492 e. The summed E-state index contributed by atoms with van der Waals surface area (Å²) in [5.74, 6) is 0.461. The van der Waals surface area contributed by atoms with E-state index in [2.05, 4.69) is 5.32 Å². The molecule has 1 N–H and O–H groups in total. The monoisotopic (exact) mass is 265 g/mol. The van der Waals surface area contributed by atoms with Gasteiger partial charge in [-0.25, -0.2) is 0 Å². The molecule has 0 saturated heterocycles. The minimum atomic E-state index is -0.344. The molecular weight excluding hydrogens is 254 g/mol. The van der Waals surface area contributed by atoms with E-state index in [-0.39, 0.29) is 11.7 Å². The van der Waals surface area contributed by atoms with Crippen LogP contribution in [0, 0.1) is 0 Å². The molecule has 0 radical (unpaired) electrons. The van der Waals surface area contributed by atoms with Gasteiger partial charge in [0.05, 0.1) is 18.6 Å². The first-order chi connectivity index (χ1) is 8.70. The van der Waals surface area contributed by atoms with Gasteiger partial charge in [0.25, 0.3) is 5.91 Å². The molecule has 1 heterocycles. The van der Waals surface area contributed by atoms with Gasteiger partial charge in [0, 0.05) is 5.02 Å². The lowest BCUT2D eigenvalue weighted by atomic mass is 10.3. The Morgan fingerprint density at radius 2 is 2.28 bits per heavy atom. The van der Waals surface area contributed by atoms with Gasteiger partial charge in [-0.05, 0) is 37.3 Å². The second-order valence-corrected chi connectivity index (χ2v) is 3.94. The molecule has 18 heavy (non-hydrogen) atoms. The van der Waals surface area contributed by atoms with E-state index in [0.29, 0.717) is 23.1 Å². The fraction of sp³-hybridized carbons (Fsp3) is 0.154. The predicted molar refractivity (Wildman–Crippen MR) is 69.3 cm³/mol. The summed E-state index contributed by atoms with van der Waals surface area (Å²) in [7, 11) is 0. The van der Waals surface area contributed by atoms with E-state index in [1.165, 1.54) is 6.26 Å². The number of anilines is 1. The number of benzene rings is 1. The van der Waals surface area contributed by atoms with Gasteiger partial charge >= 0.3 is 0 Å². The van der Waals surface area contributed by atoms with Gasteiger partial charge < -0.3 is 14.5 Å². The van der Waals surface area contributed by atoms with E-state index in [1.54, 1.807) is 30.3 Å². The summed E-state index contributed by atoms with van der Waals surface area (Å²) in [5.41, 5.74) is 0.519. The van der Waals surface area contributed by atoms with Crippen LogP contribution in [0.3, 0.4) is 0 Å². The Morgan fingerprint density at radius 3 is 2.94 bits per heavy atom. The van der Waals surface area contributed by atoms with Crippen molar-refractivity contribution in [3.05, 3.63) is 47.4 Å². The number of carbonyl (C=O) groups excluding carboxylic acids is 1. The smallest absolute Gasteiger partial charge is 0.291 e. The van der Waals surface area contributed by atoms with Gasteiger partial charge in [0.1, 0.15) is 5.75 Å². The third kappa shape index (κ3) is 2.84. The quantitative estimate of drug-likeness (QED) is 0.919. The molecule has 0 aliphatic carbocycles. The maximum atomic E-state index is 11.8. The van der Waals surface area contributed by atoms with Gasteiger partial charge in [-0.15, -0.1) is 0 Å². The highest BCUT2D eigenvalue weighted by atomic mass is 35.5. The van der Waals surface area contributed by atoms with Crippen LogP contribution in [0.4, 0.5) is 5.69 Å². The molecule has 0 spiro atoms. The maximum absolute atomic E-state index is 11.8. The molecule has 0 bridgehead atoms. The van der Waals surface area contributed by atoms with Crippen LogP contribution >= 0.6 is 11.6 Å². The van der Waals surface area contributed by atoms with E-state index >= 15 is 0 Å². The molecule has 1 aromatic carbocycles. The van der Waals surface area contributed by atoms with Crippen molar-refractivity contribution in [1.29, 1.82) is 0 Å². The highest BCUT2D eigenvalue weighted by Crippen LogP contribution is 2.28. The Kier molecular flexibility index (Phi) is 3.89. The predicted octanol–water partition coefficient (Wildman–Crippen LogP) is 3.58. The van der Waals surface area contributed by atoms with Gasteiger partial charge in [-0.3, -0.25) is 4.79 Å². The van der Waals surface area contributed by atoms with Crippen molar-refractivity contribution in [3.8, 4) is 5.75 Å². The van der Waals surface area contributed by atoms with E-state index < -0.39 is 0 Å². The lowest BCUT2D eigenvalue weighted by Crippen LogP contribution is -2.12. The lowest BCUT2D eigenvalue weighted by Gasteiger charge is -2.11. The molecule has 2 aromatic rings. The standard InChI is InChI=1S/C13H12ClNO3/c1-2-17-11-6-5-9(14)8-10(11)15-13(16)12-4-3-7-18-12/h3-8H,2H2,1H3,(H,15,16). The van der Waals surface area contributed by atoms with E-state index in [9.17, 15) is 4.79 Å². The van der Waals surface area contributed by atoms with Crippen LogP contribution in [0.15, 0.2) is 41.0 Å². The van der Waals surface area contributed by atoms with Crippen molar-refractivity contribution < 1.29 is 13.9 Å². The maximum Gasteiger partial charge on any atom is 0.291 e. The zero-order chi connectivity index (χ0) is 13.0. The second kappa shape index (κ2) is 5.60. The first-order valence-corrected chi connectivity index (χ1v) is 5.85. The molecule has 4 nitrogen and oxygen atoms in total. The number of hydrogen-bond donors (Lipinski definition) is 1. The molecule has 0 fully saturated rings. The molecule has 94 valence electrons. The summed E-state index contributed by atoms with van der Waals surface area (Å²) >= 11 is 5.90. The number of rotatable bonds is 4. The Morgan fingerprint density at radius 1 is 1.44 bits per heavy atom. The number of amides is 1. The number of nitrogens with one attached hydrogen (secondary N) is 1. The molecule has 0 atom stereocenters. The highest BCUT2D eigenvalue weighted by molar-refractivity contribution is 6.31. The minimum absolute atomic E-state index is 0.234. The van der Waals surface area contributed by atoms with Crippen LogP contribution < -0.4 is 10.1 Å². The zero-order valence-electron chi connectivity index (χ0n) is 9.77. The van der Waals surface area contributed by atoms with Crippen LogP contribution in [-0.2, 0) is 0 Å². The van der Waals surface area contributed by atoms with Crippen LogP contribution in [0.5, 0.6) is 5.75 Å². The number of carbonyl (C=O) groups is 1. The average molecular weight is 266 g/mol. The normalized spacial score (nSPS) is 10.1. The van der Waals surface area contributed by atoms with Crippen LogP contribution in [-0.4, -0.2) is 12.5 Å². The molecule has 2 rings (SSSR count). The SMILES string of the molecule is CCOc1ccc(Cl)cc1NC(=O)c1ccco1. The van der Waals surface area contributed by atoms with Crippen molar-refractivity contribution in [2.45, 2.75) is 6.92 Å². The number of furan rings is 1. The summed E-state index contributed by atoms with van der Waals surface area (Å²) in [4.78, 5) is 11.8. The third-order valence-corrected chi connectivity index (χ3v) is 2.47. The number of hydrogen-bond acceptors (Lipinski definition) is 3. The molecule has 1 amide bonds. The van der Waals surface area contributed by atoms with Crippen molar-refractivity contribution in [1.82, 2.24) is 0 Å². The summed E-state index contributed by atoms with van der Waals surface area (Å²) < 4.78 is 10.4. The fourth-order valence-electron chi connectivity index (χ4n) is 1.47. The molecule has 0 unspecified atom stereocenters. The van der Waals surface area contributed by atoms with Gasteiger partial charge in [0.15, 0.2) is 5.76 Å². The summed E-state index contributed by atoms with van der Waals surface area (Å²) in [5, 5.41) is 3.22. The first kappa shape index (κ1) is 12.5. The Hall–Kier alpha value is -1.94. The van der Waals surface area contributed by atoms with Crippen LogP contribution in [0.2, 0.25) is 5.02 Å². The van der Waals surface area contributed by atoms with Gasteiger partial charge in [0.2, 0.25) is 0 Å². The second-order valence-electron chi connectivity index (χ2n) is 3.50. The molecule has 0 aliphatic heterocycles. The van der Waals surface area contributed by atoms with E-state index in [4.69, 9.17) is 20.8 Å². The third-order valence-electron chi connectivity index (χ3n) is 2.23. The molecule has 0 saturated carbocycles. The van der Waals surface area contributed by atoms with Crippen molar-refractivity contribution in [2.75, 3.05) is 11.9 Å². The van der Waals surface area contributed by atoms with Crippen molar-refractivity contribution in [3.63, 3.8) is 0 Å². The molecule has 1 aromatic heterocycles. The Balaban J connectivity index is 2.22. The summed E-state index contributed by atoms with van der Waals surface area (Å²) in [6, 6.07) is 8.28. The van der Waals surface area contributed by atoms with E-state index in [0.717, 1.165) is 0 Å². The number of halogens is 1. The molecule has 0 aliphatic rings. The van der Waals surface area contributed by atoms with Gasteiger partial charge in [-0.1, -0.05) is 11.6 Å². The number of ether oxygens (including phenoxy) is 1. The average Bonchev–Trinajstić information content (AvgIpc) is 2.86. The summed E-state index contributed by atoms with van der Waals surface area (Å²) in [6.07, 6.45) is 1.44. The molecule has 5 heteroatoms. The highest BCUT2D eigenvalue weighted by Gasteiger charge is 2.12. The van der Waals surface area contributed by atoms with Crippen LogP contribution in [0.1, 0.15) is 17.5 Å². The zero-order valence-corrected chi connectivity index (χ0v) is 10.5. The Labute approximate surface area is 110 Å². The van der Waals surface area contributed by atoms with E-state index in [1.807, 2.05) is 6.92 Å². The summed E-state index contributed by atoms with van der Waals surface area (Å²) in [6.45, 7) is 2.37. The largest absolute Gasteiger partial charge is 0.492 e. The molecular formula is C13H12ClNO3. The van der Waals surface area contributed by atoms with Crippen molar-refractivity contribution >= 4 is 23.2 Å². The van der Waals surface area contributed by atoms with Gasteiger partial charge in [-0.2, -0.15) is 0 Å².